The fraction of sp³-hybridized carbons (Fsp3) is 0.333. The van der Waals surface area contributed by atoms with Crippen LogP contribution in [0.1, 0.15) is 66.7 Å². The third kappa shape index (κ3) is 4.74. The number of rotatable bonds is 6. The molecule has 180 valence electrons. The summed E-state index contributed by atoms with van der Waals surface area (Å²) in [5.41, 5.74) is 10.3. The van der Waals surface area contributed by atoms with Gasteiger partial charge in [-0.25, -0.2) is 15.0 Å². The van der Waals surface area contributed by atoms with Crippen LogP contribution in [-0.4, -0.2) is 36.5 Å². The number of nitrogens with one attached hydrogen (secondary N) is 1. The standard InChI is InChI=1S/C27H30N6O2/c1-2-3-17-12-13-29-22(16-17)31-27(35)20-6-4-18(5-7-20)23-24-25(28)30-14-15-33(24)26(32-23)19-8-10-21(34)11-9-19/h4-7,12-16,19,21,34H,2-3,8-11H2,1H3,(H2,28,30)(H,29,31,35)/t19-,21-. The molecule has 1 saturated carbocycles. The number of carbonyl (C=O) groups is 1. The quantitative estimate of drug-likeness (QED) is 0.379. The number of aliphatic hydroxyl groups is 1. The minimum absolute atomic E-state index is 0.213. The third-order valence-corrected chi connectivity index (χ3v) is 6.70. The molecule has 0 saturated heterocycles. The summed E-state index contributed by atoms with van der Waals surface area (Å²) < 4.78 is 2.02. The van der Waals surface area contributed by atoms with Crippen LogP contribution in [0.2, 0.25) is 0 Å². The van der Waals surface area contributed by atoms with E-state index in [4.69, 9.17) is 10.7 Å². The second-order valence-corrected chi connectivity index (χ2v) is 9.19. The molecule has 0 aliphatic heterocycles. The first kappa shape index (κ1) is 23.0. The topological polar surface area (TPSA) is 118 Å². The van der Waals surface area contributed by atoms with Gasteiger partial charge in [0.1, 0.15) is 28.7 Å². The van der Waals surface area contributed by atoms with Crippen LogP contribution in [0.3, 0.4) is 0 Å². The van der Waals surface area contributed by atoms with Crippen molar-refractivity contribution in [3.8, 4) is 11.3 Å². The zero-order valence-corrected chi connectivity index (χ0v) is 19.8. The summed E-state index contributed by atoms with van der Waals surface area (Å²) in [5, 5.41) is 12.8. The Morgan fingerprint density at radius 3 is 2.63 bits per heavy atom. The number of nitrogens with two attached hydrogens (primary N) is 1. The average molecular weight is 471 g/mol. The number of imidazole rings is 1. The number of nitrogens with zero attached hydrogens (tertiary/aromatic N) is 4. The van der Waals surface area contributed by atoms with Gasteiger partial charge in [-0.05, 0) is 61.9 Å². The molecule has 8 nitrogen and oxygen atoms in total. The predicted molar refractivity (Wildman–Crippen MR) is 136 cm³/mol. The highest BCUT2D eigenvalue weighted by Gasteiger charge is 2.26. The predicted octanol–water partition coefficient (Wildman–Crippen LogP) is 4.60. The van der Waals surface area contributed by atoms with Gasteiger partial charge in [0.05, 0.1) is 6.10 Å². The molecule has 0 spiro atoms. The highest BCUT2D eigenvalue weighted by Crippen LogP contribution is 2.36. The first-order chi connectivity index (χ1) is 17.0. The molecule has 35 heavy (non-hydrogen) atoms. The number of aryl methyl sites for hydroxylation is 1. The van der Waals surface area contributed by atoms with Gasteiger partial charge in [0.15, 0.2) is 0 Å². The van der Waals surface area contributed by atoms with Gasteiger partial charge in [-0.15, -0.1) is 0 Å². The molecule has 0 atom stereocenters. The lowest BCUT2D eigenvalue weighted by molar-refractivity contribution is 0.102. The number of aliphatic hydroxyl groups excluding tert-OH is 1. The monoisotopic (exact) mass is 470 g/mol. The molecule has 1 aliphatic rings. The summed E-state index contributed by atoms with van der Waals surface area (Å²) in [6.45, 7) is 2.12. The van der Waals surface area contributed by atoms with Crippen molar-refractivity contribution in [1.29, 1.82) is 0 Å². The largest absolute Gasteiger partial charge is 0.393 e. The molecule has 1 aromatic carbocycles. The second-order valence-electron chi connectivity index (χ2n) is 9.19. The van der Waals surface area contributed by atoms with Gasteiger partial charge in [0.25, 0.3) is 5.91 Å². The molecule has 3 heterocycles. The maximum absolute atomic E-state index is 12.8. The van der Waals surface area contributed by atoms with Gasteiger partial charge in [0, 0.05) is 35.6 Å². The SMILES string of the molecule is CCCc1ccnc(NC(=O)c2ccc(-c3nc([C@H]4CC[C@H](O)CC4)n4ccnc(N)c34)cc2)c1. The van der Waals surface area contributed by atoms with Gasteiger partial charge in [0.2, 0.25) is 0 Å². The van der Waals surface area contributed by atoms with Crippen molar-refractivity contribution in [2.45, 2.75) is 57.5 Å². The molecule has 0 unspecified atom stereocenters. The smallest absolute Gasteiger partial charge is 0.256 e. The van der Waals surface area contributed by atoms with E-state index in [1.807, 2.05) is 34.9 Å². The molecule has 5 rings (SSSR count). The van der Waals surface area contributed by atoms with Crippen LogP contribution in [0.5, 0.6) is 0 Å². The minimum Gasteiger partial charge on any atom is -0.393 e. The normalized spacial score (nSPS) is 18.0. The minimum atomic E-state index is -0.230. The Hall–Kier alpha value is -3.78. The highest BCUT2D eigenvalue weighted by molar-refractivity contribution is 6.04. The molecular weight excluding hydrogens is 440 g/mol. The number of hydrogen-bond acceptors (Lipinski definition) is 6. The van der Waals surface area contributed by atoms with E-state index in [-0.39, 0.29) is 17.9 Å². The number of benzene rings is 1. The van der Waals surface area contributed by atoms with Crippen molar-refractivity contribution in [2.75, 3.05) is 11.1 Å². The fourth-order valence-corrected chi connectivity index (χ4v) is 4.87. The molecule has 1 aliphatic carbocycles. The Labute approximate surface area is 204 Å². The molecule has 4 N–H and O–H groups in total. The lowest BCUT2D eigenvalue weighted by atomic mass is 9.87. The van der Waals surface area contributed by atoms with Crippen LogP contribution in [0.25, 0.3) is 16.8 Å². The van der Waals surface area contributed by atoms with Crippen molar-refractivity contribution in [1.82, 2.24) is 19.4 Å². The van der Waals surface area contributed by atoms with Gasteiger partial charge in [-0.3, -0.25) is 9.20 Å². The third-order valence-electron chi connectivity index (χ3n) is 6.70. The van der Waals surface area contributed by atoms with Gasteiger partial charge < -0.3 is 16.2 Å². The van der Waals surface area contributed by atoms with E-state index in [2.05, 4.69) is 22.2 Å². The highest BCUT2D eigenvalue weighted by atomic mass is 16.3. The molecule has 0 bridgehead atoms. The number of hydrogen-bond donors (Lipinski definition) is 3. The van der Waals surface area contributed by atoms with Crippen molar-refractivity contribution in [2.24, 2.45) is 0 Å². The van der Waals surface area contributed by atoms with E-state index in [0.29, 0.717) is 17.2 Å². The van der Waals surface area contributed by atoms with Crippen molar-refractivity contribution in [3.05, 3.63) is 71.9 Å². The number of anilines is 2. The first-order valence-corrected chi connectivity index (χ1v) is 12.2. The number of fused-ring (bicyclic) bond motifs is 1. The lowest BCUT2D eigenvalue weighted by Gasteiger charge is -2.24. The molecule has 0 radical (unpaired) electrons. The number of amides is 1. The molecule has 3 aromatic heterocycles. The van der Waals surface area contributed by atoms with Crippen LogP contribution in [0.15, 0.2) is 55.0 Å². The maximum Gasteiger partial charge on any atom is 0.256 e. The molecule has 4 aromatic rings. The molecule has 1 amide bonds. The Morgan fingerprint density at radius 2 is 1.89 bits per heavy atom. The summed E-state index contributed by atoms with van der Waals surface area (Å²) in [6, 6.07) is 11.2. The number of carbonyl (C=O) groups excluding carboxylic acids is 1. The van der Waals surface area contributed by atoms with E-state index < -0.39 is 0 Å². The van der Waals surface area contributed by atoms with Crippen molar-refractivity contribution in [3.63, 3.8) is 0 Å². The second kappa shape index (κ2) is 9.84. The van der Waals surface area contributed by atoms with E-state index in [1.54, 1.807) is 24.5 Å². The fourth-order valence-electron chi connectivity index (χ4n) is 4.87. The first-order valence-electron chi connectivity index (χ1n) is 12.2. The van der Waals surface area contributed by atoms with Crippen molar-refractivity contribution >= 4 is 23.1 Å². The number of pyridine rings is 1. The Morgan fingerprint density at radius 1 is 1.11 bits per heavy atom. The van der Waals surface area contributed by atoms with E-state index in [0.717, 1.165) is 66.7 Å². The van der Waals surface area contributed by atoms with Gasteiger partial charge in [-0.1, -0.05) is 25.5 Å². The molecule has 8 heteroatoms. The summed E-state index contributed by atoms with van der Waals surface area (Å²) >= 11 is 0. The van der Waals surface area contributed by atoms with Gasteiger partial charge in [-0.2, -0.15) is 0 Å². The molecule has 1 fully saturated rings. The summed E-state index contributed by atoms with van der Waals surface area (Å²) in [4.78, 5) is 26.4. The van der Waals surface area contributed by atoms with Crippen LogP contribution in [-0.2, 0) is 6.42 Å². The van der Waals surface area contributed by atoms with Gasteiger partial charge >= 0.3 is 0 Å². The molecular formula is C27H30N6O2. The van der Waals surface area contributed by atoms with Crippen LogP contribution in [0, 0.1) is 0 Å². The number of nitrogen functional groups attached to an aromatic ring is 1. The zero-order valence-electron chi connectivity index (χ0n) is 19.8. The zero-order chi connectivity index (χ0) is 24.4. The van der Waals surface area contributed by atoms with Crippen LogP contribution < -0.4 is 11.1 Å². The Kier molecular flexibility index (Phi) is 6.46. The van der Waals surface area contributed by atoms with E-state index in [9.17, 15) is 9.90 Å². The van der Waals surface area contributed by atoms with Crippen LogP contribution in [0.4, 0.5) is 11.6 Å². The average Bonchev–Trinajstić information content (AvgIpc) is 3.26. The van der Waals surface area contributed by atoms with E-state index in [1.165, 1.54) is 0 Å². The summed E-state index contributed by atoms with van der Waals surface area (Å²) in [5.74, 6) is 1.94. The lowest BCUT2D eigenvalue weighted by Crippen LogP contribution is -2.18. The van der Waals surface area contributed by atoms with Crippen molar-refractivity contribution < 1.29 is 9.90 Å². The van der Waals surface area contributed by atoms with Crippen LogP contribution >= 0.6 is 0 Å². The number of aromatic nitrogens is 4. The summed E-state index contributed by atoms with van der Waals surface area (Å²) in [7, 11) is 0. The Bertz CT molecular complexity index is 1340. The summed E-state index contributed by atoms with van der Waals surface area (Å²) in [6.07, 6.45) is 10.4. The Balaban J connectivity index is 1.42. The maximum atomic E-state index is 12.8. The van der Waals surface area contributed by atoms with E-state index >= 15 is 0 Å².